The number of halogens is 3. The largest absolute Gasteiger partial charge is 0.453 e. The van der Waals surface area contributed by atoms with Gasteiger partial charge in [0.2, 0.25) is 11.8 Å². The van der Waals surface area contributed by atoms with Crippen LogP contribution in [0.5, 0.6) is 0 Å². The van der Waals surface area contributed by atoms with Crippen molar-refractivity contribution in [3.05, 3.63) is 64.6 Å². The fraction of sp³-hybridized carbons (Fsp3) is 0.385. The van der Waals surface area contributed by atoms with Crippen molar-refractivity contribution in [2.75, 3.05) is 26.5 Å². The van der Waals surface area contributed by atoms with Crippen molar-refractivity contribution in [3.8, 4) is 0 Å². The number of pyridine rings is 1. The predicted octanol–water partition coefficient (Wildman–Crippen LogP) is 2.75. The fourth-order valence-corrected chi connectivity index (χ4v) is 3.81. The van der Waals surface area contributed by atoms with Gasteiger partial charge in [-0.1, -0.05) is 6.08 Å². The molecule has 41 heavy (non-hydrogen) atoms. The first-order valence-corrected chi connectivity index (χ1v) is 12.5. The molecule has 3 aromatic heterocycles. The Morgan fingerprint density at radius 3 is 2.68 bits per heavy atom. The Bertz CT molecular complexity index is 1480. The molecule has 0 bridgehead atoms. The summed E-state index contributed by atoms with van der Waals surface area (Å²) in [5.41, 5.74) is 0.830. The Morgan fingerprint density at radius 1 is 1.24 bits per heavy atom. The summed E-state index contributed by atoms with van der Waals surface area (Å²) >= 11 is 0. The first-order valence-electron chi connectivity index (χ1n) is 12.5. The van der Waals surface area contributed by atoms with Crippen LogP contribution in [0.1, 0.15) is 30.7 Å². The number of nitrogens with one attached hydrogen (secondary N) is 3. The van der Waals surface area contributed by atoms with Crippen molar-refractivity contribution in [2.24, 2.45) is 0 Å². The third kappa shape index (κ3) is 8.91. The van der Waals surface area contributed by atoms with Gasteiger partial charge in [0, 0.05) is 38.8 Å². The van der Waals surface area contributed by atoms with Gasteiger partial charge in [0.25, 0.3) is 5.56 Å². The zero-order valence-electron chi connectivity index (χ0n) is 22.6. The number of aryl methyl sites for hydroxylation is 1. The number of aromatic amines is 1. The molecule has 15 heteroatoms. The van der Waals surface area contributed by atoms with Crippen LogP contribution in [0.3, 0.4) is 0 Å². The first-order chi connectivity index (χ1) is 19.4. The molecule has 3 rings (SSSR count). The van der Waals surface area contributed by atoms with Crippen molar-refractivity contribution in [3.63, 3.8) is 0 Å². The second-order valence-corrected chi connectivity index (χ2v) is 9.24. The van der Waals surface area contributed by atoms with E-state index in [9.17, 15) is 32.3 Å². The number of allylic oxidation sites excluding steroid dienone is 1. The number of hydrogen-bond acceptors (Lipinski definition) is 7. The smallest absolute Gasteiger partial charge is 0.407 e. The summed E-state index contributed by atoms with van der Waals surface area (Å²) in [6, 6.07) is 3.47. The average molecular weight is 578 g/mol. The van der Waals surface area contributed by atoms with E-state index in [0.717, 1.165) is 7.11 Å². The number of methoxy groups -OCH3 is 1. The Balaban J connectivity index is 1.75. The number of rotatable bonds is 11. The monoisotopic (exact) mass is 577 g/mol. The van der Waals surface area contributed by atoms with E-state index in [0.29, 0.717) is 16.7 Å². The maximum Gasteiger partial charge on any atom is 0.407 e. The molecular weight excluding hydrogens is 547 g/mol. The lowest BCUT2D eigenvalue weighted by Gasteiger charge is -2.17. The topological polar surface area (TPSA) is 151 Å². The number of aromatic nitrogens is 4. The highest BCUT2D eigenvalue weighted by molar-refractivity contribution is 5.96. The SMILES string of the molecule is COC(=O)NC(CCC=CC(=O)N(C)C)C(=O)Nc1cccn(Cc2cc3ncnc(CCC(F)(F)F)c3[nH]2)c1=O. The van der Waals surface area contributed by atoms with Gasteiger partial charge in [0.15, 0.2) is 0 Å². The van der Waals surface area contributed by atoms with Crippen LogP contribution in [0.25, 0.3) is 11.0 Å². The number of fused-ring (bicyclic) bond motifs is 1. The average Bonchev–Trinajstić information content (AvgIpc) is 3.33. The molecule has 0 radical (unpaired) electrons. The summed E-state index contributed by atoms with van der Waals surface area (Å²) < 4.78 is 44.0. The highest BCUT2D eigenvalue weighted by Crippen LogP contribution is 2.24. The zero-order valence-corrected chi connectivity index (χ0v) is 22.6. The van der Waals surface area contributed by atoms with Crippen molar-refractivity contribution in [2.45, 2.75) is 44.4 Å². The molecule has 0 saturated carbocycles. The molecule has 12 nitrogen and oxygen atoms in total. The molecule has 220 valence electrons. The maximum atomic E-state index is 13.1. The van der Waals surface area contributed by atoms with Gasteiger partial charge in [-0.15, -0.1) is 0 Å². The number of alkyl carbamates (subject to hydrolysis) is 1. The highest BCUT2D eigenvalue weighted by Gasteiger charge is 2.27. The molecular formula is C26H30F3N7O5. The molecule has 3 heterocycles. The van der Waals surface area contributed by atoms with Gasteiger partial charge in [-0.05, 0) is 37.1 Å². The van der Waals surface area contributed by atoms with E-state index < -0.39 is 36.2 Å². The molecule has 0 aliphatic carbocycles. The summed E-state index contributed by atoms with van der Waals surface area (Å²) in [6.45, 7) is 0.00610. The molecule has 0 aromatic carbocycles. The summed E-state index contributed by atoms with van der Waals surface area (Å²) in [5, 5.41) is 4.93. The Morgan fingerprint density at radius 2 is 2.00 bits per heavy atom. The summed E-state index contributed by atoms with van der Waals surface area (Å²) in [4.78, 5) is 62.0. The van der Waals surface area contributed by atoms with E-state index in [-0.39, 0.29) is 43.1 Å². The van der Waals surface area contributed by atoms with Crippen LogP contribution in [0.2, 0.25) is 0 Å². The lowest BCUT2D eigenvalue weighted by atomic mass is 10.1. The molecule has 3 amide bonds. The van der Waals surface area contributed by atoms with Crippen LogP contribution < -0.4 is 16.2 Å². The summed E-state index contributed by atoms with van der Waals surface area (Å²) in [5.74, 6) is -0.913. The number of likely N-dealkylation sites (N-methyl/N-ethyl adjacent to an activating group) is 1. The van der Waals surface area contributed by atoms with Crippen LogP contribution in [0.15, 0.2) is 47.7 Å². The van der Waals surface area contributed by atoms with Crippen molar-refractivity contribution < 1.29 is 32.3 Å². The van der Waals surface area contributed by atoms with Gasteiger partial charge >= 0.3 is 12.3 Å². The second-order valence-electron chi connectivity index (χ2n) is 9.24. The number of carbonyl (C=O) groups is 3. The number of carbonyl (C=O) groups excluding carboxylic acids is 3. The van der Waals surface area contributed by atoms with Gasteiger partial charge in [0.1, 0.15) is 18.1 Å². The van der Waals surface area contributed by atoms with E-state index in [1.807, 2.05) is 0 Å². The molecule has 0 saturated heterocycles. The summed E-state index contributed by atoms with van der Waals surface area (Å²) in [7, 11) is 4.33. The van der Waals surface area contributed by atoms with Crippen molar-refractivity contribution >= 4 is 34.6 Å². The van der Waals surface area contributed by atoms with E-state index in [4.69, 9.17) is 0 Å². The van der Waals surface area contributed by atoms with E-state index in [1.165, 1.54) is 40.2 Å². The summed E-state index contributed by atoms with van der Waals surface area (Å²) in [6.07, 6.45) is -0.579. The number of ether oxygens (including phenoxy) is 1. The number of alkyl halides is 3. The van der Waals surface area contributed by atoms with Crippen LogP contribution >= 0.6 is 0 Å². The lowest BCUT2D eigenvalue weighted by Crippen LogP contribution is -2.44. The first kappa shape index (κ1) is 30.8. The Labute approximate surface area is 232 Å². The molecule has 1 unspecified atom stereocenters. The zero-order chi connectivity index (χ0) is 30.2. The second kappa shape index (κ2) is 13.6. The molecule has 3 aromatic rings. The normalized spacial score (nSPS) is 12.3. The van der Waals surface area contributed by atoms with Crippen LogP contribution in [-0.4, -0.2) is 75.7 Å². The molecule has 0 aliphatic heterocycles. The number of anilines is 1. The molecule has 1 atom stereocenters. The maximum absolute atomic E-state index is 13.1. The molecule has 0 fully saturated rings. The Hall–Kier alpha value is -4.69. The van der Waals surface area contributed by atoms with Gasteiger partial charge in [-0.3, -0.25) is 14.4 Å². The number of H-pyrrole nitrogens is 1. The molecule has 0 aliphatic rings. The van der Waals surface area contributed by atoms with Crippen LogP contribution in [0, 0.1) is 0 Å². The van der Waals surface area contributed by atoms with Crippen LogP contribution in [-0.2, 0) is 27.3 Å². The van der Waals surface area contributed by atoms with Crippen LogP contribution in [0.4, 0.5) is 23.7 Å². The lowest BCUT2D eigenvalue weighted by molar-refractivity contribution is -0.134. The van der Waals surface area contributed by atoms with E-state index in [2.05, 4.69) is 30.3 Å². The minimum atomic E-state index is -4.34. The fourth-order valence-electron chi connectivity index (χ4n) is 3.81. The number of amides is 3. The number of nitrogens with zero attached hydrogens (tertiary/aromatic N) is 4. The highest BCUT2D eigenvalue weighted by atomic mass is 19.4. The van der Waals surface area contributed by atoms with Gasteiger partial charge in [-0.2, -0.15) is 13.2 Å². The van der Waals surface area contributed by atoms with E-state index in [1.54, 1.807) is 26.2 Å². The standard InChI is InChI=1S/C26H30F3N7O5/c1-35(2)21(37)9-5-4-7-18(34-25(40)41-3)23(38)33-19-8-6-12-36(24(19)39)14-16-13-20-22(32-16)17(30-15-31-20)10-11-26(27,28)29/h5-6,8-9,12-13,15,18,32H,4,7,10-11,14H2,1-3H3,(H,33,38)(H,34,40). The van der Waals surface area contributed by atoms with Crippen molar-refractivity contribution in [1.82, 2.24) is 29.7 Å². The van der Waals surface area contributed by atoms with E-state index >= 15 is 0 Å². The van der Waals surface area contributed by atoms with Gasteiger partial charge in [-0.25, -0.2) is 14.8 Å². The third-order valence-electron chi connectivity index (χ3n) is 5.93. The quantitative estimate of drug-likeness (QED) is 0.297. The number of hydrogen-bond donors (Lipinski definition) is 3. The predicted molar refractivity (Wildman–Crippen MR) is 143 cm³/mol. The Kier molecular flexibility index (Phi) is 10.2. The third-order valence-corrected chi connectivity index (χ3v) is 5.93. The van der Waals surface area contributed by atoms with Gasteiger partial charge in [0.05, 0.1) is 30.4 Å². The minimum Gasteiger partial charge on any atom is -0.453 e. The van der Waals surface area contributed by atoms with Gasteiger partial charge < -0.3 is 29.8 Å². The minimum absolute atomic E-state index is 0.00610. The molecule has 3 N–H and O–H groups in total. The molecule has 0 spiro atoms. The van der Waals surface area contributed by atoms with Crippen molar-refractivity contribution in [1.29, 1.82) is 0 Å².